The fourth-order valence-corrected chi connectivity index (χ4v) is 3.16. The topological polar surface area (TPSA) is 40.9 Å². The number of fused-ring (bicyclic) bond motifs is 2. The Bertz CT molecular complexity index is 1140. The molecule has 0 aliphatic heterocycles. The lowest BCUT2D eigenvalue weighted by Crippen LogP contribution is -1.90. The van der Waals surface area contributed by atoms with Crippen LogP contribution in [0.4, 0.5) is 0 Å². The summed E-state index contributed by atoms with van der Waals surface area (Å²) >= 11 is 0. The summed E-state index contributed by atoms with van der Waals surface area (Å²) in [5, 5.41) is 14.0. The van der Waals surface area contributed by atoms with E-state index >= 15 is 0 Å². The summed E-state index contributed by atoms with van der Waals surface area (Å²) in [6.45, 7) is 0. The first kappa shape index (κ1) is 14.2. The molecule has 4 rings (SSSR count). The van der Waals surface area contributed by atoms with Gasteiger partial charge >= 0.3 is 0 Å². The number of hydrogen-bond acceptors (Lipinski definition) is 2. The van der Waals surface area contributed by atoms with Gasteiger partial charge in [0.1, 0.15) is 6.29 Å². The molecule has 0 radical (unpaired) electrons. The highest BCUT2D eigenvalue weighted by molar-refractivity contribution is 6.05. The summed E-state index contributed by atoms with van der Waals surface area (Å²) in [6, 6.07) is 26.0. The van der Waals surface area contributed by atoms with E-state index < -0.39 is 0 Å². The van der Waals surface area contributed by atoms with Crippen molar-refractivity contribution in [1.29, 1.82) is 5.26 Å². The van der Waals surface area contributed by atoms with E-state index in [0.29, 0.717) is 11.1 Å². The van der Waals surface area contributed by atoms with Gasteiger partial charge in [-0.3, -0.25) is 4.79 Å². The van der Waals surface area contributed by atoms with Crippen molar-refractivity contribution in [2.24, 2.45) is 0 Å². The fraction of sp³-hybridized carbons (Fsp3) is 0. The number of aldehydes is 1. The minimum atomic E-state index is 0.571. The van der Waals surface area contributed by atoms with E-state index in [1.54, 1.807) is 18.2 Å². The Labute approximate surface area is 139 Å². The Morgan fingerprint density at radius 3 is 2.25 bits per heavy atom. The molecule has 0 aliphatic carbocycles. The maximum atomic E-state index is 11.1. The highest BCUT2D eigenvalue weighted by Gasteiger charge is 2.10. The van der Waals surface area contributed by atoms with Crippen molar-refractivity contribution in [1.82, 2.24) is 0 Å². The average molecular weight is 307 g/mol. The molecule has 4 aromatic rings. The smallest absolute Gasteiger partial charge is 0.150 e. The van der Waals surface area contributed by atoms with Crippen molar-refractivity contribution < 1.29 is 4.79 Å². The van der Waals surface area contributed by atoms with Gasteiger partial charge in [-0.2, -0.15) is 5.26 Å². The Kier molecular flexibility index (Phi) is 3.33. The van der Waals surface area contributed by atoms with Crippen molar-refractivity contribution >= 4 is 27.8 Å². The Balaban J connectivity index is 2.09. The summed E-state index contributed by atoms with van der Waals surface area (Å²) in [5.41, 5.74) is 2.91. The summed E-state index contributed by atoms with van der Waals surface area (Å²) in [4.78, 5) is 11.1. The second-order valence-corrected chi connectivity index (χ2v) is 5.76. The predicted molar refractivity (Wildman–Crippen MR) is 97.0 cm³/mol. The molecule has 0 spiro atoms. The second kappa shape index (κ2) is 5.64. The largest absolute Gasteiger partial charge is 0.298 e. The molecule has 0 saturated heterocycles. The monoisotopic (exact) mass is 307 g/mol. The van der Waals surface area contributed by atoms with Gasteiger partial charge < -0.3 is 0 Å². The predicted octanol–water partition coefficient (Wildman–Crippen LogP) is 5.34. The lowest BCUT2D eigenvalue weighted by molar-refractivity contribution is 0.112. The molecule has 4 aromatic carbocycles. The molecule has 0 bridgehead atoms. The van der Waals surface area contributed by atoms with Crippen LogP contribution in [0.15, 0.2) is 72.8 Å². The molecule has 0 saturated carbocycles. The first-order valence-electron chi connectivity index (χ1n) is 7.71. The third-order valence-electron chi connectivity index (χ3n) is 4.34. The zero-order chi connectivity index (χ0) is 16.5. The molecule has 0 unspecified atom stereocenters. The minimum Gasteiger partial charge on any atom is -0.298 e. The molecule has 0 aliphatic rings. The number of carbonyl (C=O) groups excluding carboxylic acids is 1. The molecule has 0 fully saturated rings. The van der Waals surface area contributed by atoms with Gasteiger partial charge in [0, 0.05) is 11.1 Å². The van der Waals surface area contributed by atoms with E-state index in [4.69, 9.17) is 0 Å². The number of carbonyl (C=O) groups is 1. The molecule has 0 atom stereocenters. The molecule has 112 valence electrons. The van der Waals surface area contributed by atoms with Crippen LogP contribution in [-0.4, -0.2) is 6.29 Å². The van der Waals surface area contributed by atoms with Crippen molar-refractivity contribution in [3.8, 4) is 17.2 Å². The zero-order valence-corrected chi connectivity index (χ0v) is 12.9. The van der Waals surface area contributed by atoms with Crippen molar-refractivity contribution in [3.63, 3.8) is 0 Å². The van der Waals surface area contributed by atoms with Crippen LogP contribution in [-0.2, 0) is 0 Å². The molecule has 24 heavy (non-hydrogen) atoms. The fourth-order valence-electron chi connectivity index (χ4n) is 3.16. The summed E-state index contributed by atoms with van der Waals surface area (Å²) in [5.74, 6) is 0. The van der Waals surface area contributed by atoms with Crippen molar-refractivity contribution in [3.05, 3.63) is 83.9 Å². The second-order valence-electron chi connectivity index (χ2n) is 5.76. The number of benzene rings is 4. The first-order valence-corrected chi connectivity index (χ1v) is 7.71. The molecule has 0 heterocycles. The van der Waals surface area contributed by atoms with Crippen LogP contribution < -0.4 is 0 Å². The first-order chi connectivity index (χ1) is 11.8. The lowest BCUT2D eigenvalue weighted by Gasteiger charge is -2.11. The van der Waals surface area contributed by atoms with Crippen LogP contribution in [0.2, 0.25) is 0 Å². The third kappa shape index (κ3) is 2.24. The summed E-state index contributed by atoms with van der Waals surface area (Å²) < 4.78 is 0. The summed E-state index contributed by atoms with van der Waals surface area (Å²) in [7, 11) is 0. The molecule has 0 amide bonds. The summed E-state index contributed by atoms with van der Waals surface area (Å²) in [6.07, 6.45) is 0.811. The van der Waals surface area contributed by atoms with Gasteiger partial charge in [0.2, 0.25) is 0 Å². The molecular formula is C22H13NO. The zero-order valence-electron chi connectivity index (χ0n) is 12.9. The Hall–Kier alpha value is -3.44. The standard InChI is InChI=1S/C22H13NO/c23-13-19-9-8-15(14-24)10-21(19)20-7-3-6-18-11-16-4-1-2-5-17(16)12-22(18)20/h1-12,14H. The van der Waals surface area contributed by atoms with Gasteiger partial charge in [-0.25, -0.2) is 0 Å². The van der Waals surface area contributed by atoms with Crippen LogP contribution >= 0.6 is 0 Å². The maximum absolute atomic E-state index is 11.1. The number of nitriles is 1. The highest BCUT2D eigenvalue weighted by atomic mass is 16.1. The van der Waals surface area contributed by atoms with Crippen LogP contribution in [0.5, 0.6) is 0 Å². The Morgan fingerprint density at radius 1 is 0.750 bits per heavy atom. The Morgan fingerprint density at radius 2 is 1.50 bits per heavy atom. The molecule has 2 nitrogen and oxygen atoms in total. The SMILES string of the molecule is N#Cc1ccc(C=O)cc1-c1cccc2cc3ccccc3cc12. The number of rotatable bonds is 2. The van der Waals surface area contributed by atoms with Crippen LogP contribution in [0, 0.1) is 11.3 Å². The maximum Gasteiger partial charge on any atom is 0.150 e. The van der Waals surface area contributed by atoms with Crippen LogP contribution in [0.1, 0.15) is 15.9 Å². The number of hydrogen-bond donors (Lipinski definition) is 0. The van der Waals surface area contributed by atoms with Crippen LogP contribution in [0.3, 0.4) is 0 Å². The third-order valence-corrected chi connectivity index (χ3v) is 4.34. The van der Waals surface area contributed by atoms with Gasteiger partial charge in [0.25, 0.3) is 0 Å². The van der Waals surface area contributed by atoms with E-state index in [2.05, 4.69) is 36.4 Å². The van der Waals surface area contributed by atoms with Gasteiger partial charge in [-0.05, 0) is 51.4 Å². The van der Waals surface area contributed by atoms with Gasteiger partial charge in [-0.1, -0.05) is 48.5 Å². The average Bonchev–Trinajstić information content (AvgIpc) is 2.65. The minimum absolute atomic E-state index is 0.571. The van der Waals surface area contributed by atoms with E-state index in [1.165, 1.54) is 5.39 Å². The van der Waals surface area contributed by atoms with Gasteiger partial charge in [0.05, 0.1) is 11.6 Å². The molecular weight excluding hydrogens is 294 g/mol. The normalized spacial score (nSPS) is 10.6. The van der Waals surface area contributed by atoms with E-state index in [-0.39, 0.29) is 0 Å². The van der Waals surface area contributed by atoms with Crippen molar-refractivity contribution in [2.75, 3.05) is 0 Å². The van der Waals surface area contributed by atoms with E-state index in [9.17, 15) is 10.1 Å². The molecule has 0 aromatic heterocycles. The highest BCUT2D eigenvalue weighted by Crippen LogP contribution is 2.33. The quantitative estimate of drug-likeness (QED) is 0.370. The molecule has 2 heteroatoms. The lowest BCUT2D eigenvalue weighted by atomic mass is 9.92. The van der Waals surface area contributed by atoms with Crippen LogP contribution in [0.25, 0.3) is 32.7 Å². The number of nitrogens with zero attached hydrogens (tertiary/aromatic N) is 1. The molecule has 0 N–H and O–H groups in total. The van der Waals surface area contributed by atoms with Crippen molar-refractivity contribution in [2.45, 2.75) is 0 Å². The van der Waals surface area contributed by atoms with Gasteiger partial charge in [0.15, 0.2) is 0 Å². The van der Waals surface area contributed by atoms with E-state index in [1.807, 2.05) is 24.3 Å². The van der Waals surface area contributed by atoms with Gasteiger partial charge in [-0.15, -0.1) is 0 Å². The van der Waals surface area contributed by atoms with E-state index in [0.717, 1.165) is 33.6 Å².